The van der Waals surface area contributed by atoms with Crippen molar-refractivity contribution in [1.29, 1.82) is 0 Å². The third kappa shape index (κ3) is 2.87. The van der Waals surface area contributed by atoms with Crippen molar-refractivity contribution >= 4 is 32.5 Å². The van der Waals surface area contributed by atoms with Gasteiger partial charge in [-0.3, -0.25) is 5.10 Å². The lowest BCUT2D eigenvalue weighted by molar-refractivity contribution is 0.587. The summed E-state index contributed by atoms with van der Waals surface area (Å²) in [5.74, 6) is -1.18. The van der Waals surface area contributed by atoms with Gasteiger partial charge in [-0.1, -0.05) is 17.7 Å². The maximum absolute atomic E-state index is 13.9. The molecule has 4 aromatic rings. The Kier molecular flexibility index (Phi) is 4.01. The van der Waals surface area contributed by atoms with Crippen LogP contribution in [0.2, 0.25) is 5.02 Å². The summed E-state index contributed by atoms with van der Waals surface area (Å²) >= 11 is 5.94. The van der Waals surface area contributed by atoms with E-state index in [1.54, 1.807) is 12.3 Å². The number of rotatable bonds is 4. The smallest absolute Gasteiger partial charge is 0.184 e. The molecule has 6 nitrogen and oxygen atoms in total. The molecule has 0 unspecified atom stereocenters. The third-order valence-corrected chi connectivity index (χ3v) is 5.99. The molecule has 0 saturated heterocycles. The van der Waals surface area contributed by atoms with Crippen molar-refractivity contribution in [2.75, 3.05) is 0 Å². The Morgan fingerprint density at radius 1 is 1.19 bits per heavy atom. The quantitative estimate of drug-likeness (QED) is 0.555. The van der Waals surface area contributed by atoms with Crippen LogP contribution < -0.4 is 0 Å². The highest BCUT2D eigenvalue weighted by atomic mass is 35.5. The van der Waals surface area contributed by atoms with E-state index in [4.69, 9.17) is 11.6 Å². The first kappa shape index (κ1) is 16.7. The first-order valence-corrected chi connectivity index (χ1v) is 9.62. The van der Waals surface area contributed by atoms with Crippen molar-refractivity contribution < 1.29 is 12.8 Å². The van der Waals surface area contributed by atoms with Gasteiger partial charge < -0.3 is 4.98 Å². The van der Waals surface area contributed by atoms with E-state index in [1.807, 2.05) is 6.07 Å². The number of nitrogens with one attached hydrogen (secondary N) is 2. The summed E-state index contributed by atoms with van der Waals surface area (Å²) < 4.78 is 39.3. The van der Waals surface area contributed by atoms with Crippen LogP contribution in [-0.2, 0) is 15.6 Å². The Morgan fingerprint density at radius 2 is 2.04 bits per heavy atom. The van der Waals surface area contributed by atoms with Gasteiger partial charge in [0.1, 0.15) is 5.82 Å². The van der Waals surface area contributed by atoms with E-state index in [1.165, 1.54) is 30.5 Å². The highest BCUT2D eigenvalue weighted by Crippen LogP contribution is 2.29. The predicted octanol–water partition coefficient (Wildman–Crippen LogP) is 3.72. The minimum Gasteiger partial charge on any atom is -0.359 e. The van der Waals surface area contributed by atoms with Gasteiger partial charge in [-0.15, -0.1) is 0 Å². The van der Waals surface area contributed by atoms with Gasteiger partial charge in [-0.25, -0.2) is 17.8 Å². The molecule has 0 bridgehead atoms. The van der Waals surface area contributed by atoms with Gasteiger partial charge in [-0.05, 0) is 30.3 Å². The molecular formula is C17H12ClFN4O2S. The fraction of sp³-hybridized carbons (Fsp3) is 0.0588. The Labute approximate surface area is 153 Å². The maximum Gasteiger partial charge on any atom is 0.184 e. The van der Waals surface area contributed by atoms with Crippen LogP contribution in [0.25, 0.3) is 22.4 Å². The van der Waals surface area contributed by atoms with Crippen molar-refractivity contribution in [2.45, 2.75) is 10.6 Å². The number of fused-ring (bicyclic) bond motifs is 1. The van der Waals surface area contributed by atoms with Crippen LogP contribution in [0.15, 0.2) is 53.7 Å². The summed E-state index contributed by atoms with van der Waals surface area (Å²) in [6.07, 6.45) is 2.98. The second-order valence-corrected chi connectivity index (χ2v) is 8.08. The van der Waals surface area contributed by atoms with Crippen LogP contribution in [0.1, 0.15) is 5.56 Å². The third-order valence-electron chi connectivity index (χ3n) is 4.01. The number of hydrogen-bond donors (Lipinski definition) is 2. The van der Waals surface area contributed by atoms with Gasteiger partial charge in [0.2, 0.25) is 0 Å². The molecule has 0 spiro atoms. The number of H-pyrrole nitrogens is 2. The topological polar surface area (TPSA) is 91.5 Å². The van der Waals surface area contributed by atoms with Gasteiger partial charge >= 0.3 is 0 Å². The Morgan fingerprint density at radius 3 is 2.85 bits per heavy atom. The van der Waals surface area contributed by atoms with Gasteiger partial charge in [0.05, 0.1) is 22.0 Å². The monoisotopic (exact) mass is 390 g/mol. The highest BCUT2D eigenvalue weighted by molar-refractivity contribution is 7.90. The lowest BCUT2D eigenvalue weighted by atomic mass is 10.2. The van der Waals surface area contributed by atoms with Crippen LogP contribution in [0.5, 0.6) is 0 Å². The van der Waals surface area contributed by atoms with E-state index >= 15 is 0 Å². The van der Waals surface area contributed by atoms with Crippen molar-refractivity contribution in [3.8, 4) is 11.4 Å². The average molecular weight is 391 g/mol. The Hall–Kier alpha value is -2.71. The molecule has 0 aliphatic rings. The summed E-state index contributed by atoms with van der Waals surface area (Å²) in [7, 11) is -3.79. The molecule has 0 saturated carbocycles. The molecule has 0 aliphatic carbocycles. The van der Waals surface area contributed by atoms with E-state index in [0.717, 1.165) is 5.39 Å². The van der Waals surface area contributed by atoms with Crippen molar-refractivity contribution in [3.63, 3.8) is 0 Å². The molecule has 3 heterocycles. The fourth-order valence-corrected chi connectivity index (χ4v) is 4.38. The SMILES string of the molecule is O=S(=O)(Cc1c(F)cccc1Cl)c1c[nH]c(-c2[nH]nc3ncccc23)c1. The minimum atomic E-state index is -3.79. The van der Waals surface area contributed by atoms with E-state index < -0.39 is 21.4 Å². The van der Waals surface area contributed by atoms with E-state index in [9.17, 15) is 12.8 Å². The van der Waals surface area contributed by atoms with Crippen LogP contribution in [-0.4, -0.2) is 28.6 Å². The zero-order valence-electron chi connectivity index (χ0n) is 13.2. The van der Waals surface area contributed by atoms with E-state index in [-0.39, 0.29) is 15.5 Å². The van der Waals surface area contributed by atoms with Crippen LogP contribution >= 0.6 is 11.6 Å². The van der Waals surface area contributed by atoms with E-state index in [0.29, 0.717) is 17.0 Å². The number of aromatic amines is 2. The molecule has 0 aliphatic heterocycles. The molecule has 26 heavy (non-hydrogen) atoms. The number of pyridine rings is 1. The molecule has 132 valence electrons. The predicted molar refractivity (Wildman–Crippen MR) is 96.0 cm³/mol. The summed E-state index contributed by atoms with van der Waals surface area (Å²) in [5, 5.41) is 7.77. The second-order valence-electron chi connectivity index (χ2n) is 5.68. The first-order valence-electron chi connectivity index (χ1n) is 7.59. The molecule has 0 fully saturated rings. The molecule has 0 atom stereocenters. The molecule has 2 N–H and O–H groups in total. The van der Waals surface area contributed by atoms with Crippen molar-refractivity contribution in [3.05, 3.63) is 65.2 Å². The van der Waals surface area contributed by atoms with Crippen molar-refractivity contribution in [1.82, 2.24) is 20.2 Å². The summed E-state index contributed by atoms with van der Waals surface area (Å²) in [6, 6.07) is 9.14. The number of aromatic nitrogens is 4. The molecule has 0 radical (unpaired) electrons. The molecule has 3 aromatic heterocycles. The summed E-state index contributed by atoms with van der Waals surface area (Å²) in [5.41, 5.74) is 1.64. The number of nitrogens with zero attached hydrogens (tertiary/aromatic N) is 2. The number of benzene rings is 1. The maximum atomic E-state index is 13.9. The molecular weight excluding hydrogens is 379 g/mol. The largest absolute Gasteiger partial charge is 0.359 e. The second kappa shape index (κ2) is 6.22. The number of halogens is 2. The molecule has 4 rings (SSSR count). The zero-order valence-corrected chi connectivity index (χ0v) is 14.8. The fourth-order valence-electron chi connectivity index (χ4n) is 2.70. The van der Waals surface area contributed by atoms with Gasteiger partial charge in [0.15, 0.2) is 15.5 Å². The minimum absolute atomic E-state index is 0.0402. The van der Waals surface area contributed by atoms with Gasteiger partial charge in [0, 0.05) is 28.4 Å². The van der Waals surface area contributed by atoms with E-state index in [2.05, 4.69) is 20.2 Å². The van der Waals surface area contributed by atoms with Crippen LogP contribution in [0.3, 0.4) is 0 Å². The molecule has 9 heteroatoms. The summed E-state index contributed by atoms with van der Waals surface area (Å²) in [4.78, 5) is 7.08. The van der Waals surface area contributed by atoms with Crippen LogP contribution in [0, 0.1) is 5.82 Å². The zero-order chi connectivity index (χ0) is 18.3. The average Bonchev–Trinajstić information content (AvgIpc) is 3.25. The van der Waals surface area contributed by atoms with Crippen LogP contribution in [0.4, 0.5) is 4.39 Å². The number of sulfone groups is 1. The van der Waals surface area contributed by atoms with Gasteiger partial charge in [0.25, 0.3) is 0 Å². The lowest BCUT2D eigenvalue weighted by Crippen LogP contribution is -2.06. The standard InChI is InChI=1S/C17H12ClFN4O2S/c18-13-4-1-5-14(19)12(13)9-26(24,25)10-7-15(21-8-10)16-11-3-2-6-20-17(11)23-22-16/h1-8,21H,9H2,(H,20,22,23). The normalized spacial score (nSPS) is 11.9. The molecule has 1 aromatic carbocycles. The Bertz CT molecular complexity index is 1200. The van der Waals surface area contributed by atoms with Crippen molar-refractivity contribution in [2.24, 2.45) is 0 Å². The Balaban J connectivity index is 1.71. The first-order chi connectivity index (χ1) is 12.5. The van der Waals surface area contributed by atoms with Gasteiger partial charge in [-0.2, -0.15) is 5.10 Å². The molecule has 0 amide bonds. The number of hydrogen-bond acceptors (Lipinski definition) is 4. The highest BCUT2D eigenvalue weighted by Gasteiger charge is 2.22. The lowest BCUT2D eigenvalue weighted by Gasteiger charge is -2.06. The summed E-state index contributed by atoms with van der Waals surface area (Å²) in [6.45, 7) is 0.